The number of carbonyl (C=O) groups is 2. The Morgan fingerprint density at radius 1 is 0.816 bits per heavy atom. The minimum atomic E-state index is -0.403. The number of para-hydroxylation sites is 2. The second kappa shape index (κ2) is 10.5. The van der Waals surface area contributed by atoms with Crippen LogP contribution in [0.25, 0.3) is 0 Å². The lowest BCUT2D eigenvalue weighted by atomic mass is 9.78. The first-order valence-corrected chi connectivity index (χ1v) is 12.3. The number of methoxy groups -OCH3 is 4. The van der Waals surface area contributed by atoms with Gasteiger partial charge in [-0.3, -0.25) is 4.79 Å². The number of hydrogen-bond donors (Lipinski definition) is 2. The number of esters is 1. The maximum absolute atomic E-state index is 13.9. The van der Waals surface area contributed by atoms with E-state index < -0.39 is 5.97 Å². The SMILES string of the molecule is COC(=O)c1ccc([C@H]2Nc3ccccc3NC3=C2C(=O)C[C@@H](c2cc(OC)c(OC)c(OC)c2)C3)cc1. The van der Waals surface area contributed by atoms with Crippen LogP contribution in [0.4, 0.5) is 11.4 Å². The highest BCUT2D eigenvalue weighted by atomic mass is 16.5. The lowest BCUT2D eigenvalue weighted by molar-refractivity contribution is -0.116. The van der Waals surface area contributed by atoms with Crippen LogP contribution < -0.4 is 24.8 Å². The van der Waals surface area contributed by atoms with Gasteiger partial charge in [0.25, 0.3) is 0 Å². The maximum Gasteiger partial charge on any atom is 0.337 e. The molecule has 3 aromatic rings. The Labute approximate surface area is 221 Å². The molecule has 0 amide bonds. The summed E-state index contributed by atoms with van der Waals surface area (Å²) in [5.74, 6) is 1.17. The molecule has 2 aliphatic rings. The lowest BCUT2D eigenvalue weighted by Crippen LogP contribution is -2.27. The van der Waals surface area contributed by atoms with Crippen molar-refractivity contribution >= 4 is 23.1 Å². The fourth-order valence-electron chi connectivity index (χ4n) is 5.24. The smallest absolute Gasteiger partial charge is 0.337 e. The summed E-state index contributed by atoms with van der Waals surface area (Å²) in [6.07, 6.45) is 0.945. The zero-order valence-electron chi connectivity index (χ0n) is 21.8. The van der Waals surface area contributed by atoms with E-state index in [0.29, 0.717) is 41.2 Å². The average molecular weight is 515 g/mol. The second-order valence-corrected chi connectivity index (χ2v) is 9.24. The number of allylic oxidation sites excluding steroid dienone is 1. The predicted molar refractivity (Wildman–Crippen MR) is 144 cm³/mol. The van der Waals surface area contributed by atoms with Crippen LogP contribution >= 0.6 is 0 Å². The fourth-order valence-corrected chi connectivity index (χ4v) is 5.24. The molecule has 1 aliphatic heterocycles. The molecular weight excluding hydrogens is 484 g/mol. The van der Waals surface area contributed by atoms with E-state index in [9.17, 15) is 9.59 Å². The van der Waals surface area contributed by atoms with Crippen molar-refractivity contribution in [3.63, 3.8) is 0 Å². The lowest BCUT2D eigenvalue weighted by Gasteiger charge is -2.30. The molecule has 1 heterocycles. The fraction of sp³-hybridized carbons (Fsp3) is 0.267. The van der Waals surface area contributed by atoms with Gasteiger partial charge in [0, 0.05) is 17.7 Å². The van der Waals surface area contributed by atoms with Crippen molar-refractivity contribution in [3.05, 3.63) is 88.6 Å². The Kier molecular flexibility index (Phi) is 6.96. The van der Waals surface area contributed by atoms with Crippen LogP contribution in [0.2, 0.25) is 0 Å². The Balaban J connectivity index is 1.57. The van der Waals surface area contributed by atoms with Crippen LogP contribution in [-0.4, -0.2) is 40.2 Å². The van der Waals surface area contributed by atoms with Gasteiger partial charge in [0.05, 0.1) is 51.4 Å². The quantitative estimate of drug-likeness (QED) is 0.418. The number of rotatable bonds is 6. The van der Waals surface area contributed by atoms with Crippen molar-refractivity contribution in [2.75, 3.05) is 39.1 Å². The third-order valence-electron chi connectivity index (χ3n) is 7.13. The van der Waals surface area contributed by atoms with Gasteiger partial charge in [0.15, 0.2) is 17.3 Å². The van der Waals surface area contributed by atoms with Crippen LogP contribution in [0, 0.1) is 0 Å². The summed E-state index contributed by atoms with van der Waals surface area (Å²) in [5, 5.41) is 7.11. The van der Waals surface area contributed by atoms with Crippen molar-refractivity contribution in [2.45, 2.75) is 24.8 Å². The summed E-state index contributed by atoms with van der Waals surface area (Å²) in [6, 6.07) is 18.5. The first-order valence-electron chi connectivity index (χ1n) is 12.3. The number of fused-ring (bicyclic) bond motifs is 1. The molecule has 0 unspecified atom stereocenters. The Hall–Kier alpha value is -4.46. The molecule has 0 saturated carbocycles. The van der Waals surface area contributed by atoms with Gasteiger partial charge in [0.2, 0.25) is 5.75 Å². The van der Waals surface area contributed by atoms with E-state index in [4.69, 9.17) is 18.9 Å². The molecule has 2 N–H and O–H groups in total. The third kappa shape index (κ3) is 4.53. The first-order chi connectivity index (χ1) is 18.5. The second-order valence-electron chi connectivity index (χ2n) is 9.24. The highest BCUT2D eigenvalue weighted by molar-refractivity contribution is 6.01. The summed E-state index contributed by atoms with van der Waals surface area (Å²) in [5.41, 5.74) is 5.60. The molecule has 0 spiro atoms. The molecule has 1 aliphatic carbocycles. The van der Waals surface area contributed by atoms with E-state index in [-0.39, 0.29) is 17.7 Å². The van der Waals surface area contributed by atoms with Crippen LogP contribution in [0.1, 0.15) is 46.3 Å². The normalized spacial score (nSPS) is 18.3. The molecule has 3 aromatic carbocycles. The number of nitrogens with one attached hydrogen (secondary N) is 2. The Morgan fingerprint density at radius 3 is 2.08 bits per heavy atom. The number of ether oxygens (including phenoxy) is 4. The van der Waals surface area contributed by atoms with Gasteiger partial charge in [-0.15, -0.1) is 0 Å². The van der Waals surface area contributed by atoms with E-state index in [1.807, 2.05) is 48.5 Å². The summed E-state index contributed by atoms with van der Waals surface area (Å²) >= 11 is 0. The van der Waals surface area contributed by atoms with E-state index in [2.05, 4.69) is 10.6 Å². The molecular formula is C30H30N2O6. The Morgan fingerprint density at radius 2 is 1.47 bits per heavy atom. The van der Waals surface area contributed by atoms with Gasteiger partial charge < -0.3 is 29.6 Å². The van der Waals surface area contributed by atoms with Crippen LogP contribution in [0.15, 0.2) is 71.9 Å². The standard InChI is InChI=1S/C30H30N2O6/c1-35-25-15-20(16-26(36-2)29(25)37-3)19-13-23-27(24(33)14-19)28(32-22-8-6-5-7-21(22)31-23)17-9-11-18(12-10-17)30(34)38-4/h5-12,15-16,19,28,31-32H,13-14H2,1-4H3/t19-,28+/m0/s1. The van der Waals surface area contributed by atoms with Gasteiger partial charge in [-0.25, -0.2) is 4.79 Å². The predicted octanol–water partition coefficient (Wildman–Crippen LogP) is 5.48. The minimum absolute atomic E-state index is 0.0415. The van der Waals surface area contributed by atoms with Crippen molar-refractivity contribution in [2.24, 2.45) is 0 Å². The van der Waals surface area contributed by atoms with Crippen molar-refractivity contribution < 1.29 is 28.5 Å². The molecule has 0 radical (unpaired) electrons. The monoisotopic (exact) mass is 514 g/mol. The first kappa shape index (κ1) is 25.2. The number of hydrogen-bond acceptors (Lipinski definition) is 8. The van der Waals surface area contributed by atoms with Gasteiger partial charge >= 0.3 is 5.97 Å². The number of anilines is 2. The van der Waals surface area contributed by atoms with Gasteiger partial charge in [-0.2, -0.15) is 0 Å². The summed E-state index contributed by atoms with van der Waals surface area (Å²) < 4.78 is 21.4. The van der Waals surface area contributed by atoms with Gasteiger partial charge in [-0.1, -0.05) is 24.3 Å². The van der Waals surface area contributed by atoms with Crippen LogP contribution in [0.3, 0.4) is 0 Å². The van der Waals surface area contributed by atoms with Crippen LogP contribution in [0.5, 0.6) is 17.2 Å². The van der Waals surface area contributed by atoms with Gasteiger partial charge in [0.1, 0.15) is 0 Å². The van der Waals surface area contributed by atoms with E-state index in [1.165, 1.54) is 7.11 Å². The molecule has 2 atom stereocenters. The molecule has 0 aromatic heterocycles. The van der Waals surface area contributed by atoms with Crippen molar-refractivity contribution in [1.29, 1.82) is 0 Å². The van der Waals surface area contributed by atoms with Crippen molar-refractivity contribution in [3.8, 4) is 17.2 Å². The summed E-state index contributed by atoms with van der Waals surface area (Å²) in [4.78, 5) is 25.8. The number of benzene rings is 3. The molecule has 38 heavy (non-hydrogen) atoms. The molecule has 5 rings (SSSR count). The number of carbonyl (C=O) groups excluding carboxylic acids is 2. The average Bonchev–Trinajstić information content (AvgIpc) is 3.13. The minimum Gasteiger partial charge on any atom is -0.493 e. The van der Waals surface area contributed by atoms with E-state index in [1.54, 1.807) is 33.5 Å². The third-order valence-corrected chi connectivity index (χ3v) is 7.13. The zero-order valence-corrected chi connectivity index (χ0v) is 21.8. The molecule has 196 valence electrons. The highest BCUT2D eigenvalue weighted by Gasteiger charge is 2.36. The van der Waals surface area contributed by atoms with Gasteiger partial charge in [-0.05, 0) is 59.9 Å². The van der Waals surface area contributed by atoms with Crippen LogP contribution in [-0.2, 0) is 9.53 Å². The molecule has 8 heteroatoms. The molecule has 8 nitrogen and oxygen atoms in total. The maximum atomic E-state index is 13.9. The topological polar surface area (TPSA) is 95.1 Å². The molecule has 0 saturated heterocycles. The Bertz CT molecular complexity index is 1390. The highest BCUT2D eigenvalue weighted by Crippen LogP contribution is 2.47. The number of Topliss-reactive ketones (excluding diaryl/α,β-unsaturated/α-hetero) is 1. The van der Waals surface area contributed by atoms with E-state index >= 15 is 0 Å². The molecule has 0 bridgehead atoms. The largest absolute Gasteiger partial charge is 0.493 e. The molecule has 0 fully saturated rings. The summed E-state index contributed by atoms with van der Waals surface area (Å²) in [6.45, 7) is 0. The number of ketones is 1. The summed E-state index contributed by atoms with van der Waals surface area (Å²) in [7, 11) is 6.09. The van der Waals surface area contributed by atoms with E-state index in [0.717, 1.165) is 28.2 Å². The van der Waals surface area contributed by atoms with Crippen molar-refractivity contribution in [1.82, 2.24) is 0 Å². The zero-order chi connectivity index (χ0) is 26.8.